The van der Waals surface area contributed by atoms with Gasteiger partial charge in [-0.3, -0.25) is 0 Å². The summed E-state index contributed by atoms with van der Waals surface area (Å²) < 4.78 is 0. The van der Waals surface area contributed by atoms with Crippen molar-refractivity contribution in [3.8, 4) is 11.1 Å². The normalized spacial score (nSPS) is 12.6. The number of hydrogen-bond donors (Lipinski definition) is 0. The molecular weight excluding hydrogens is 302 g/mol. The summed E-state index contributed by atoms with van der Waals surface area (Å²) in [6.07, 6.45) is 0.982. The lowest BCUT2D eigenvalue weighted by Crippen LogP contribution is -2.02. The Morgan fingerprint density at radius 3 is 2.35 bits per heavy atom. The Morgan fingerprint density at radius 2 is 1.70 bits per heavy atom. The fourth-order valence-corrected chi connectivity index (χ4v) is 2.98. The molecule has 1 aliphatic carbocycles. The number of aliphatic imine (C=N–C) groups is 2. The highest BCUT2D eigenvalue weighted by Crippen LogP contribution is 2.36. The molecule has 0 fully saturated rings. The summed E-state index contributed by atoms with van der Waals surface area (Å²) in [5.74, 6) is 0.605. The number of hydrogen-bond acceptors (Lipinski definition) is 1. The molecule has 0 atom stereocenters. The van der Waals surface area contributed by atoms with Crippen LogP contribution in [-0.2, 0) is 6.42 Å². The fraction of sp³-hybridized carbons (Fsp3) is 0.158. The van der Waals surface area contributed by atoms with Crippen LogP contribution in [0, 0.1) is 0 Å². The Bertz CT molecular complexity index is 862. The third kappa shape index (κ3) is 3.30. The van der Waals surface area contributed by atoms with Crippen molar-refractivity contribution < 1.29 is 0 Å². The molecule has 0 aliphatic heterocycles. The minimum atomic E-state index is 0.238. The molecule has 1 aliphatic rings. The molecule has 2 aromatic rings. The van der Waals surface area contributed by atoms with Crippen molar-refractivity contribution in [3.05, 3.63) is 64.8 Å². The maximum absolute atomic E-state index is 5.87. The molecule has 0 saturated heterocycles. The molecule has 2 aromatic carbocycles. The molecule has 114 valence electrons. The quantitative estimate of drug-likeness (QED) is 0.299. The molecule has 0 N–H and O–H groups in total. The summed E-state index contributed by atoms with van der Waals surface area (Å²) in [4.78, 5) is 8.79. The molecule has 0 unspecified atom stereocenters. The van der Waals surface area contributed by atoms with Crippen LogP contribution in [0.1, 0.15) is 30.5 Å². The van der Waals surface area contributed by atoms with E-state index in [9.17, 15) is 0 Å². The van der Waals surface area contributed by atoms with E-state index in [1.165, 1.54) is 27.7 Å². The number of nitrogens with zero attached hydrogens (tertiary/aromatic N) is 2. The maximum atomic E-state index is 5.87. The zero-order chi connectivity index (χ0) is 16.6. The Kier molecular flexibility index (Phi) is 4.23. The maximum Gasteiger partial charge on any atom is 0.160 e. The van der Waals surface area contributed by atoms with Crippen LogP contribution in [0.5, 0.6) is 0 Å². The average Bonchev–Trinajstić information content (AvgIpc) is 2.82. The van der Waals surface area contributed by atoms with E-state index in [1.54, 1.807) is 0 Å². The van der Waals surface area contributed by atoms with Crippen LogP contribution in [0.15, 0.2) is 58.1 Å². The van der Waals surface area contributed by atoms with Gasteiger partial charge in [0, 0.05) is 11.3 Å². The Morgan fingerprint density at radius 1 is 1.04 bits per heavy atom. The van der Waals surface area contributed by atoms with Gasteiger partial charge in [0.15, 0.2) is 5.84 Å². The van der Waals surface area contributed by atoms with Crippen LogP contribution in [0.3, 0.4) is 0 Å². The van der Waals surface area contributed by atoms with Gasteiger partial charge in [-0.1, -0.05) is 54.0 Å². The predicted molar refractivity (Wildman–Crippen MR) is 103 cm³/mol. The van der Waals surface area contributed by atoms with Gasteiger partial charge in [-0.2, -0.15) is 0 Å². The Balaban J connectivity index is 2.13. The summed E-state index contributed by atoms with van der Waals surface area (Å²) in [7, 11) is 2.12. The van der Waals surface area contributed by atoms with Crippen molar-refractivity contribution in [1.82, 2.24) is 0 Å². The molecular formula is C19H18BClN2. The van der Waals surface area contributed by atoms with Crippen LogP contribution >= 0.6 is 11.6 Å². The fourth-order valence-electron chi connectivity index (χ4n) is 2.90. The van der Waals surface area contributed by atoms with Crippen molar-refractivity contribution in [1.29, 1.82) is 0 Å². The topological polar surface area (TPSA) is 24.7 Å². The molecule has 0 bridgehead atoms. The second-order valence-electron chi connectivity index (χ2n) is 6.08. The van der Waals surface area contributed by atoms with Gasteiger partial charge in [-0.15, -0.1) is 0 Å². The first-order valence-corrected chi connectivity index (χ1v) is 8.00. The molecule has 0 saturated carbocycles. The summed E-state index contributed by atoms with van der Waals surface area (Å²) in [6, 6.07) is 13.0. The lowest BCUT2D eigenvalue weighted by Gasteiger charge is -2.07. The number of halogens is 1. The summed E-state index contributed by atoms with van der Waals surface area (Å²) >= 11 is 5.87. The van der Waals surface area contributed by atoms with Crippen molar-refractivity contribution in [2.24, 2.45) is 9.98 Å². The van der Waals surface area contributed by atoms with Crippen LogP contribution in [-0.4, -0.2) is 19.4 Å². The standard InChI is InChI=1S/C19H18BClN2/c1-11(2)22-19(23-12(3)21)15-5-4-13-8-14-6-7-16(20)10-18(14)17(13)9-15/h4-7,9-10H,3,8,20H2,1-2H3/b23-19-. The Hall–Kier alpha value is -2.13. The molecule has 3 rings (SSSR count). The monoisotopic (exact) mass is 320 g/mol. The van der Waals surface area contributed by atoms with E-state index >= 15 is 0 Å². The van der Waals surface area contributed by atoms with Crippen molar-refractivity contribution in [3.63, 3.8) is 0 Å². The number of fused-ring (bicyclic) bond motifs is 3. The summed E-state index contributed by atoms with van der Waals surface area (Å²) in [5, 5.41) is 0.238. The minimum Gasteiger partial charge on any atom is -0.238 e. The first-order chi connectivity index (χ1) is 10.9. The highest BCUT2D eigenvalue weighted by atomic mass is 35.5. The summed E-state index contributed by atoms with van der Waals surface area (Å²) in [6.45, 7) is 7.54. The smallest absolute Gasteiger partial charge is 0.160 e. The van der Waals surface area contributed by atoms with Gasteiger partial charge < -0.3 is 0 Å². The Labute approximate surface area is 143 Å². The third-order valence-electron chi connectivity index (χ3n) is 3.86. The number of amidine groups is 1. The number of benzene rings is 2. The van der Waals surface area contributed by atoms with Gasteiger partial charge in [-0.05, 0) is 48.6 Å². The first-order valence-electron chi connectivity index (χ1n) is 7.62. The van der Waals surface area contributed by atoms with E-state index in [0.29, 0.717) is 5.84 Å². The predicted octanol–water partition coefficient (Wildman–Crippen LogP) is 3.45. The largest absolute Gasteiger partial charge is 0.238 e. The number of rotatable bonds is 2. The molecule has 0 amide bonds. The summed E-state index contributed by atoms with van der Waals surface area (Å²) in [5.41, 5.74) is 8.45. The van der Waals surface area contributed by atoms with Crippen LogP contribution in [0.2, 0.25) is 0 Å². The van der Waals surface area contributed by atoms with Crippen molar-refractivity contribution >= 4 is 36.5 Å². The molecule has 2 nitrogen and oxygen atoms in total. The molecule has 0 aromatic heterocycles. The third-order valence-corrected chi connectivity index (χ3v) is 3.95. The first kappa shape index (κ1) is 15.8. The van der Waals surface area contributed by atoms with E-state index in [2.05, 4.69) is 60.8 Å². The van der Waals surface area contributed by atoms with E-state index in [1.807, 2.05) is 13.8 Å². The zero-order valence-corrected chi connectivity index (χ0v) is 14.4. The highest BCUT2D eigenvalue weighted by Gasteiger charge is 2.19. The second kappa shape index (κ2) is 6.17. The van der Waals surface area contributed by atoms with Crippen LogP contribution in [0.25, 0.3) is 11.1 Å². The average molecular weight is 321 g/mol. The van der Waals surface area contributed by atoms with Gasteiger partial charge in [0.05, 0.1) is 0 Å². The SMILES string of the molecule is Bc1ccc2c(c1)-c1cc(/C(N=C(C)C)=N/C(=C)Cl)ccc1C2. The van der Waals surface area contributed by atoms with Gasteiger partial charge in [0.25, 0.3) is 0 Å². The lowest BCUT2D eigenvalue weighted by molar-refractivity contribution is 1.26. The molecule has 0 heterocycles. The van der Waals surface area contributed by atoms with Gasteiger partial charge in [0.1, 0.15) is 13.0 Å². The van der Waals surface area contributed by atoms with Crippen molar-refractivity contribution in [2.75, 3.05) is 0 Å². The van der Waals surface area contributed by atoms with Gasteiger partial charge >= 0.3 is 0 Å². The molecule has 4 heteroatoms. The van der Waals surface area contributed by atoms with Crippen LogP contribution in [0.4, 0.5) is 0 Å². The molecule has 0 spiro atoms. The minimum absolute atomic E-state index is 0.238. The highest BCUT2D eigenvalue weighted by molar-refractivity contribution is 6.32. The van der Waals surface area contributed by atoms with Crippen LogP contribution < -0.4 is 5.46 Å². The van der Waals surface area contributed by atoms with E-state index in [-0.39, 0.29) is 5.16 Å². The van der Waals surface area contributed by atoms with Gasteiger partial charge in [0.2, 0.25) is 0 Å². The van der Waals surface area contributed by atoms with E-state index < -0.39 is 0 Å². The second-order valence-corrected chi connectivity index (χ2v) is 6.52. The molecule has 23 heavy (non-hydrogen) atoms. The van der Waals surface area contributed by atoms with Crippen molar-refractivity contribution in [2.45, 2.75) is 20.3 Å². The zero-order valence-electron chi connectivity index (χ0n) is 13.7. The van der Waals surface area contributed by atoms with E-state index in [0.717, 1.165) is 17.7 Å². The van der Waals surface area contributed by atoms with Gasteiger partial charge in [-0.25, -0.2) is 9.98 Å². The lowest BCUT2D eigenvalue weighted by atomic mass is 9.91. The van der Waals surface area contributed by atoms with E-state index in [4.69, 9.17) is 11.6 Å². The molecule has 0 radical (unpaired) electrons.